The fourth-order valence-electron chi connectivity index (χ4n) is 1.93. The average Bonchev–Trinajstić information content (AvgIpc) is 3.08. The maximum Gasteiger partial charge on any atom is 0.302 e. The van der Waals surface area contributed by atoms with Crippen LogP contribution in [0.2, 0.25) is 0 Å². The van der Waals surface area contributed by atoms with E-state index in [0.717, 1.165) is 0 Å². The van der Waals surface area contributed by atoms with Crippen LogP contribution in [0.1, 0.15) is 61.1 Å². The minimum Gasteiger partial charge on any atom is -0.469 e. The highest BCUT2D eigenvalue weighted by Gasteiger charge is 2.32. The number of fused-ring (bicyclic) bond motifs is 1. The van der Waals surface area contributed by atoms with E-state index in [0.29, 0.717) is 17.0 Å². The standard InChI is InChI=1S/C12H15N5O.C3H6O2.C3H8O2.C2H6/c1-8(2)18-12(3,6-13)10-5-4-9-11(14)15-7-16-17(9)10;1-3(4)5-2;1-3(2,4)5;1-2/h4-5,7-8H,1-3H3,(H2,14,15,16);1-2H3;4-5H,1-2H3;1-2H3. The first kappa shape index (κ1) is 29.5. The minimum absolute atomic E-state index is 0.0700. The summed E-state index contributed by atoms with van der Waals surface area (Å²) < 4.78 is 11.4. The average molecular weight is 426 g/mol. The van der Waals surface area contributed by atoms with Crippen molar-refractivity contribution in [3.8, 4) is 6.07 Å². The first-order valence-corrected chi connectivity index (χ1v) is 9.42. The molecule has 1 unspecified atom stereocenters. The SMILES string of the molecule is CC.CC(C)(O)O.CC(C)OC(C)(C#N)c1ccc2c(N)ncnn12.COC(C)=O. The van der Waals surface area contributed by atoms with Crippen molar-refractivity contribution < 1.29 is 24.5 Å². The number of anilines is 1. The van der Waals surface area contributed by atoms with E-state index in [4.69, 9.17) is 20.7 Å². The molecule has 0 bridgehead atoms. The number of ether oxygens (including phenoxy) is 2. The Kier molecular flexibility index (Phi) is 13.2. The van der Waals surface area contributed by atoms with Crippen LogP contribution in [-0.2, 0) is 19.9 Å². The lowest BCUT2D eigenvalue weighted by Gasteiger charge is -2.24. The smallest absolute Gasteiger partial charge is 0.302 e. The number of nitriles is 1. The molecule has 0 spiro atoms. The number of rotatable bonds is 3. The zero-order valence-corrected chi connectivity index (χ0v) is 19.3. The van der Waals surface area contributed by atoms with Gasteiger partial charge in [-0.2, -0.15) is 10.4 Å². The number of nitrogen functional groups attached to an aromatic ring is 1. The summed E-state index contributed by atoms with van der Waals surface area (Å²) in [6, 6.07) is 5.74. The van der Waals surface area contributed by atoms with Crippen LogP contribution in [0.25, 0.3) is 5.52 Å². The molecule has 2 rings (SSSR count). The van der Waals surface area contributed by atoms with Gasteiger partial charge in [-0.25, -0.2) is 9.50 Å². The lowest BCUT2D eigenvalue weighted by Crippen LogP contribution is -2.29. The van der Waals surface area contributed by atoms with Gasteiger partial charge in [0.1, 0.15) is 17.9 Å². The van der Waals surface area contributed by atoms with Crippen LogP contribution in [0.4, 0.5) is 5.82 Å². The second-order valence-corrected chi connectivity index (χ2v) is 6.66. The van der Waals surface area contributed by atoms with E-state index in [9.17, 15) is 10.1 Å². The largest absolute Gasteiger partial charge is 0.469 e. The van der Waals surface area contributed by atoms with Crippen LogP contribution in [0, 0.1) is 11.3 Å². The minimum atomic E-state index is -1.50. The maximum absolute atomic E-state index is 9.59. The van der Waals surface area contributed by atoms with Crippen molar-refractivity contribution in [1.29, 1.82) is 5.26 Å². The summed E-state index contributed by atoms with van der Waals surface area (Å²) in [5.41, 5.74) is 6.00. The van der Waals surface area contributed by atoms with Gasteiger partial charge in [-0.05, 0) is 46.8 Å². The Morgan fingerprint density at radius 2 is 1.73 bits per heavy atom. The molecule has 0 aliphatic rings. The van der Waals surface area contributed by atoms with Gasteiger partial charge in [0.25, 0.3) is 0 Å². The van der Waals surface area contributed by atoms with Crippen molar-refractivity contribution in [2.75, 3.05) is 12.8 Å². The van der Waals surface area contributed by atoms with E-state index < -0.39 is 11.4 Å². The summed E-state index contributed by atoms with van der Waals surface area (Å²) >= 11 is 0. The Morgan fingerprint density at radius 1 is 1.27 bits per heavy atom. The summed E-state index contributed by atoms with van der Waals surface area (Å²) in [6.45, 7) is 13.4. The Morgan fingerprint density at radius 3 is 2.10 bits per heavy atom. The Bertz CT molecular complexity index is 802. The molecule has 0 amide bonds. The fourth-order valence-corrected chi connectivity index (χ4v) is 1.93. The van der Waals surface area contributed by atoms with Gasteiger partial charge in [0.15, 0.2) is 17.2 Å². The Labute approximate surface area is 178 Å². The molecule has 10 heteroatoms. The number of aliphatic hydroxyl groups is 2. The second kappa shape index (κ2) is 13.5. The third kappa shape index (κ3) is 11.3. The van der Waals surface area contributed by atoms with Crippen LogP contribution >= 0.6 is 0 Å². The van der Waals surface area contributed by atoms with Crippen LogP contribution in [0.5, 0.6) is 0 Å². The third-order valence-electron chi connectivity index (χ3n) is 2.94. The molecule has 30 heavy (non-hydrogen) atoms. The molecule has 0 saturated carbocycles. The molecule has 2 aromatic heterocycles. The van der Waals surface area contributed by atoms with Gasteiger partial charge in [0.2, 0.25) is 0 Å². The number of nitrogens with two attached hydrogens (primary N) is 1. The van der Waals surface area contributed by atoms with Gasteiger partial charge >= 0.3 is 5.97 Å². The molecule has 0 aliphatic carbocycles. The van der Waals surface area contributed by atoms with Crippen LogP contribution < -0.4 is 5.73 Å². The fraction of sp³-hybridized carbons (Fsp3) is 0.600. The highest BCUT2D eigenvalue weighted by atomic mass is 16.5. The van der Waals surface area contributed by atoms with Crippen molar-refractivity contribution in [3.05, 3.63) is 24.2 Å². The molecule has 0 saturated heterocycles. The number of hydrogen-bond acceptors (Lipinski definition) is 9. The molecule has 0 fully saturated rings. The van der Waals surface area contributed by atoms with Gasteiger partial charge in [-0.1, -0.05) is 13.8 Å². The molecule has 170 valence electrons. The lowest BCUT2D eigenvalue weighted by atomic mass is 10.0. The van der Waals surface area contributed by atoms with E-state index in [1.807, 2.05) is 27.7 Å². The number of hydrogen-bond donors (Lipinski definition) is 3. The van der Waals surface area contributed by atoms with Gasteiger partial charge in [-0.15, -0.1) is 0 Å². The van der Waals surface area contributed by atoms with E-state index >= 15 is 0 Å². The monoisotopic (exact) mass is 425 g/mol. The van der Waals surface area contributed by atoms with E-state index in [2.05, 4.69) is 20.9 Å². The summed E-state index contributed by atoms with van der Waals surface area (Å²) in [5.74, 6) is -1.37. The Balaban J connectivity index is 0. The number of methoxy groups -OCH3 is 1. The second-order valence-electron chi connectivity index (χ2n) is 6.66. The molecular weight excluding hydrogens is 390 g/mol. The van der Waals surface area contributed by atoms with Gasteiger partial charge in [-0.3, -0.25) is 4.79 Å². The molecule has 4 N–H and O–H groups in total. The van der Waals surface area contributed by atoms with Crippen molar-refractivity contribution in [3.63, 3.8) is 0 Å². The third-order valence-corrected chi connectivity index (χ3v) is 2.94. The van der Waals surface area contributed by atoms with E-state index in [-0.39, 0.29) is 12.1 Å². The van der Waals surface area contributed by atoms with Gasteiger partial charge in [0.05, 0.1) is 18.9 Å². The van der Waals surface area contributed by atoms with E-state index in [1.54, 1.807) is 23.6 Å². The number of esters is 1. The molecule has 2 heterocycles. The first-order valence-electron chi connectivity index (χ1n) is 9.42. The van der Waals surface area contributed by atoms with E-state index in [1.165, 1.54) is 34.2 Å². The number of aromatic nitrogens is 3. The van der Waals surface area contributed by atoms with Crippen molar-refractivity contribution in [2.45, 2.75) is 72.9 Å². The molecular formula is C20H35N5O5. The predicted molar refractivity (Wildman–Crippen MR) is 114 cm³/mol. The quantitative estimate of drug-likeness (QED) is 0.496. The highest BCUT2D eigenvalue weighted by molar-refractivity contribution is 5.66. The number of carbonyl (C=O) groups excluding carboxylic acids is 1. The number of nitrogens with zero attached hydrogens (tertiary/aromatic N) is 4. The molecule has 1 atom stereocenters. The lowest BCUT2D eigenvalue weighted by molar-refractivity contribution is -0.138. The van der Waals surface area contributed by atoms with Crippen molar-refractivity contribution >= 4 is 17.3 Å². The highest BCUT2D eigenvalue weighted by Crippen LogP contribution is 2.28. The topological polar surface area (TPSA) is 156 Å². The van der Waals surface area contributed by atoms with Crippen molar-refractivity contribution in [2.24, 2.45) is 0 Å². The molecule has 0 radical (unpaired) electrons. The predicted octanol–water partition coefficient (Wildman–Crippen LogP) is 2.39. The van der Waals surface area contributed by atoms with Crippen LogP contribution in [0.3, 0.4) is 0 Å². The Hall–Kier alpha value is -2.74. The zero-order chi connectivity index (χ0) is 24.1. The molecule has 10 nitrogen and oxygen atoms in total. The van der Waals surface area contributed by atoms with Gasteiger partial charge < -0.3 is 25.4 Å². The first-order chi connectivity index (χ1) is 13.7. The normalized spacial score (nSPS) is 12.1. The summed E-state index contributed by atoms with van der Waals surface area (Å²) in [4.78, 5) is 13.5. The summed E-state index contributed by atoms with van der Waals surface area (Å²) in [5, 5.41) is 29.6. The summed E-state index contributed by atoms with van der Waals surface area (Å²) in [7, 11) is 1.35. The number of carbonyl (C=O) groups is 1. The van der Waals surface area contributed by atoms with Gasteiger partial charge in [0, 0.05) is 6.92 Å². The van der Waals surface area contributed by atoms with Crippen LogP contribution in [0.15, 0.2) is 18.5 Å². The van der Waals surface area contributed by atoms with Crippen LogP contribution in [-0.4, -0.2) is 49.8 Å². The zero-order valence-electron chi connectivity index (χ0n) is 19.3. The molecule has 2 aromatic rings. The molecule has 0 aromatic carbocycles. The summed E-state index contributed by atoms with van der Waals surface area (Å²) in [6.07, 6.45) is 1.29. The molecule has 0 aliphatic heterocycles. The van der Waals surface area contributed by atoms with Crippen molar-refractivity contribution in [1.82, 2.24) is 14.6 Å². The maximum atomic E-state index is 9.59.